The van der Waals surface area contributed by atoms with Gasteiger partial charge in [-0.3, -0.25) is 14.1 Å². The lowest BCUT2D eigenvalue weighted by Gasteiger charge is -2.30. The molecule has 1 atom stereocenters. The van der Waals surface area contributed by atoms with Crippen molar-refractivity contribution in [2.45, 2.75) is 25.3 Å². The third kappa shape index (κ3) is 4.22. The summed E-state index contributed by atoms with van der Waals surface area (Å²) >= 11 is 5.97. The molecule has 1 aliphatic heterocycles. The summed E-state index contributed by atoms with van der Waals surface area (Å²) in [7, 11) is 0. The smallest absolute Gasteiger partial charge is 0.258 e. The number of likely N-dealkylation sites (tertiary alicyclic amines) is 1. The van der Waals surface area contributed by atoms with Crippen LogP contribution in [0, 0.1) is 5.82 Å². The molecule has 158 valence electrons. The molecule has 3 aromatic heterocycles. The number of benzene rings is 1. The summed E-state index contributed by atoms with van der Waals surface area (Å²) in [6.07, 6.45) is 3.46. The molecular weight excluding hydrogens is 421 g/mol. The maximum atomic E-state index is 13.5. The summed E-state index contributed by atoms with van der Waals surface area (Å²) in [5.74, 6) is 0.664. The Morgan fingerprint density at radius 2 is 2.10 bits per heavy atom. The standard InChI is InChI=1S/C22H19ClFN5O2/c23-16-6-7-19-25-18(10-20(30)29(19)12-16)13-28-8-2-4-15(11-28)22-26-21(27-31-22)14-3-1-5-17(24)9-14/h1,3,5-7,9-10,12,15H,2,4,8,11,13H2. The zero-order chi connectivity index (χ0) is 21.4. The molecule has 0 bridgehead atoms. The van der Waals surface area contributed by atoms with Gasteiger partial charge in [0, 0.05) is 30.9 Å². The maximum Gasteiger partial charge on any atom is 0.258 e. The van der Waals surface area contributed by atoms with E-state index < -0.39 is 0 Å². The largest absolute Gasteiger partial charge is 0.339 e. The van der Waals surface area contributed by atoms with Crippen molar-refractivity contribution in [3.8, 4) is 11.4 Å². The lowest BCUT2D eigenvalue weighted by atomic mass is 9.98. The van der Waals surface area contributed by atoms with Gasteiger partial charge < -0.3 is 4.52 Å². The van der Waals surface area contributed by atoms with Crippen molar-refractivity contribution >= 4 is 17.2 Å². The number of fused-ring (bicyclic) bond motifs is 1. The van der Waals surface area contributed by atoms with Gasteiger partial charge in [0.1, 0.15) is 11.5 Å². The molecule has 0 spiro atoms. The zero-order valence-corrected chi connectivity index (χ0v) is 17.3. The fourth-order valence-corrected chi connectivity index (χ4v) is 4.14. The average Bonchev–Trinajstić information content (AvgIpc) is 3.25. The SMILES string of the molecule is O=c1cc(CN2CCCC(c3nc(-c4cccc(F)c4)no3)C2)nc2ccc(Cl)cn12. The minimum atomic E-state index is -0.339. The van der Waals surface area contributed by atoms with Crippen molar-refractivity contribution in [2.75, 3.05) is 13.1 Å². The highest BCUT2D eigenvalue weighted by molar-refractivity contribution is 6.30. The van der Waals surface area contributed by atoms with Crippen LogP contribution in [-0.4, -0.2) is 37.5 Å². The van der Waals surface area contributed by atoms with Gasteiger partial charge in [0.15, 0.2) is 0 Å². The van der Waals surface area contributed by atoms with Gasteiger partial charge in [0.05, 0.1) is 16.6 Å². The summed E-state index contributed by atoms with van der Waals surface area (Å²) in [4.78, 5) is 23.8. The summed E-state index contributed by atoms with van der Waals surface area (Å²) < 4.78 is 20.4. The average molecular weight is 440 g/mol. The minimum Gasteiger partial charge on any atom is -0.339 e. The Kier molecular flexibility index (Phi) is 5.25. The normalized spacial score (nSPS) is 17.3. The Morgan fingerprint density at radius 3 is 2.97 bits per heavy atom. The van der Waals surface area contributed by atoms with Crippen molar-refractivity contribution in [1.29, 1.82) is 0 Å². The molecule has 0 saturated carbocycles. The first kappa shape index (κ1) is 19.8. The fourth-order valence-electron chi connectivity index (χ4n) is 3.98. The van der Waals surface area contributed by atoms with Crippen LogP contribution < -0.4 is 5.56 Å². The highest BCUT2D eigenvalue weighted by Gasteiger charge is 2.26. The van der Waals surface area contributed by atoms with Gasteiger partial charge in [-0.2, -0.15) is 4.98 Å². The van der Waals surface area contributed by atoms with E-state index in [0.717, 1.165) is 19.4 Å². The second-order valence-electron chi connectivity index (χ2n) is 7.70. The van der Waals surface area contributed by atoms with E-state index in [1.807, 2.05) is 0 Å². The molecule has 4 heterocycles. The van der Waals surface area contributed by atoms with Crippen LogP contribution in [0.1, 0.15) is 30.3 Å². The van der Waals surface area contributed by atoms with E-state index in [-0.39, 0.29) is 17.3 Å². The van der Waals surface area contributed by atoms with Gasteiger partial charge in [-0.25, -0.2) is 9.37 Å². The van der Waals surface area contributed by atoms with Crippen LogP contribution in [0.3, 0.4) is 0 Å². The van der Waals surface area contributed by atoms with Crippen LogP contribution in [0.5, 0.6) is 0 Å². The summed E-state index contributed by atoms with van der Waals surface area (Å²) in [6, 6.07) is 11.1. The molecular formula is C22H19ClFN5O2. The van der Waals surface area contributed by atoms with Gasteiger partial charge in [0.2, 0.25) is 11.7 Å². The Labute approximate surface area is 182 Å². The lowest BCUT2D eigenvalue weighted by molar-refractivity contribution is 0.178. The summed E-state index contributed by atoms with van der Waals surface area (Å²) in [5.41, 5.74) is 1.70. The Hall–Kier alpha value is -3.10. The van der Waals surface area contributed by atoms with Crippen LogP contribution in [0.2, 0.25) is 5.02 Å². The van der Waals surface area contributed by atoms with E-state index in [0.29, 0.717) is 46.7 Å². The monoisotopic (exact) mass is 439 g/mol. The lowest BCUT2D eigenvalue weighted by Crippen LogP contribution is -2.34. The van der Waals surface area contributed by atoms with E-state index in [2.05, 4.69) is 20.0 Å². The summed E-state index contributed by atoms with van der Waals surface area (Å²) in [5, 5.41) is 4.51. The molecule has 0 amide bonds. The first-order valence-corrected chi connectivity index (χ1v) is 10.4. The van der Waals surface area contributed by atoms with Gasteiger partial charge >= 0.3 is 0 Å². The molecule has 9 heteroatoms. The van der Waals surface area contributed by atoms with Crippen LogP contribution in [-0.2, 0) is 6.54 Å². The van der Waals surface area contributed by atoms with Crippen molar-refractivity contribution in [3.63, 3.8) is 0 Å². The number of nitrogens with zero attached hydrogens (tertiary/aromatic N) is 5. The second kappa shape index (κ2) is 8.20. The van der Waals surface area contributed by atoms with Gasteiger partial charge in [0.25, 0.3) is 5.56 Å². The number of pyridine rings is 1. The number of piperidine rings is 1. The first-order chi connectivity index (χ1) is 15.0. The maximum absolute atomic E-state index is 13.5. The quantitative estimate of drug-likeness (QED) is 0.479. The summed E-state index contributed by atoms with van der Waals surface area (Å²) in [6.45, 7) is 2.16. The molecule has 1 fully saturated rings. The van der Waals surface area contributed by atoms with Crippen molar-refractivity contribution in [1.82, 2.24) is 24.4 Å². The third-order valence-corrected chi connectivity index (χ3v) is 5.67. The number of hydrogen-bond donors (Lipinski definition) is 0. The van der Waals surface area contributed by atoms with Gasteiger partial charge in [-0.1, -0.05) is 28.9 Å². The van der Waals surface area contributed by atoms with E-state index in [9.17, 15) is 9.18 Å². The molecule has 1 aromatic carbocycles. The van der Waals surface area contributed by atoms with Crippen LogP contribution in [0.4, 0.5) is 4.39 Å². The molecule has 0 aliphatic carbocycles. The highest BCUT2D eigenvalue weighted by atomic mass is 35.5. The molecule has 4 aromatic rings. The second-order valence-corrected chi connectivity index (χ2v) is 8.14. The molecule has 1 saturated heterocycles. The van der Waals surface area contributed by atoms with Gasteiger partial charge in [-0.15, -0.1) is 0 Å². The van der Waals surface area contributed by atoms with E-state index >= 15 is 0 Å². The Balaban J connectivity index is 1.33. The van der Waals surface area contributed by atoms with E-state index in [1.54, 1.807) is 36.5 Å². The number of hydrogen-bond acceptors (Lipinski definition) is 6. The molecule has 0 radical (unpaired) electrons. The predicted octanol–water partition coefficient (Wildman–Crippen LogP) is 3.92. The third-order valence-electron chi connectivity index (χ3n) is 5.44. The number of rotatable bonds is 4. The van der Waals surface area contributed by atoms with Crippen molar-refractivity contribution in [2.24, 2.45) is 0 Å². The molecule has 5 rings (SSSR count). The topological polar surface area (TPSA) is 76.5 Å². The molecule has 1 unspecified atom stereocenters. The molecule has 1 aliphatic rings. The first-order valence-electron chi connectivity index (χ1n) is 10.0. The molecule has 31 heavy (non-hydrogen) atoms. The van der Waals surface area contributed by atoms with Crippen LogP contribution >= 0.6 is 11.6 Å². The minimum absolute atomic E-state index is 0.0731. The Bertz CT molecular complexity index is 1300. The number of aromatic nitrogens is 4. The molecule has 7 nitrogen and oxygen atoms in total. The van der Waals surface area contributed by atoms with Crippen LogP contribution in [0.25, 0.3) is 17.0 Å². The zero-order valence-electron chi connectivity index (χ0n) is 16.5. The van der Waals surface area contributed by atoms with E-state index in [4.69, 9.17) is 16.1 Å². The molecule has 0 N–H and O–H groups in total. The van der Waals surface area contributed by atoms with Crippen LogP contribution in [0.15, 0.2) is 58.0 Å². The van der Waals surface area contributed by atoms with Crippen molar-refractivity contribution in [3.05, 3.63) is 81.4 Å². The van der Waals surface area contributed by atoms with E-state index in [1.165, 1.54) is 16.5 Å². The highest BCUT2D eigenvalue weighted by Crippen LogP contribution is 2.28. The fraction of sp³-hybridized carbons (Fsp3) is 0.273. The Morgan fingerprint density at radius 1 is 1.19 bits per heavy atom. The number of halogens is 2. The van der Waals surface area contributed by atoms with Crippen molar-refractivity contribution < 1.29 is 8.91 Å². The predicted molar refractivity (Wildman–Crippen MR) is 113 cm³/mol. The van der Waals surface area contributed by atoms with Gasteiger partial charge in [-0.05, 0) is 43.7 Å².